The number of hydrogen-bond acceptors (Lipinski definition) is 7. The number of likely N-dealkylation sites (tertiary alicyclic amines) is 1. The third-order valence-corrected chi connectivity index (χ3v) is 5.28. The Morgan fingerprint density at radius 3 is 2.15 bits per heavy atom. The lowest BCUT2D eigenvalue weighted by atomic mass is 9.79. The second-order valence-corrected chi connectivity index (χ2v) is 8.81. The Kier molecular flexibility index (Phi) is 8.56. The Morgan fingerprint density at radius 2 is 1.67 bits per heavy atom. The molecule has 0 spiro atoms. The highest BCUT2D eigenvalue weighted by molar-refractivity contribution is 6.01. The zero-order valence-electron chi connectivity index (χ0n) is 19.4. The maximum Gasteiger partial charge on any atom is 0.419 e. The van der Waals surface area contributed by atoms with E-state index in [0.717, 1.165) is 4.90 Å². The van der Waals surface area contributed by atoms with Crippen LogP contribution in [0.15, 0.2) is 24.3 Å². The smallest absolute Gasteiger partial charge is 0.419 e. The Morgan fingerprint density at radius 1 is 1.06 bits per heavy atom. The first-order valence-electron chi connectivity index (χ1n) is 10.7. The van der Waals surface area contributed by atoms with Gasteiger partial charge < -0.3 is 19.5 Å². The number of aliphatic carboxylic acids is 1. The third kappa shape index (κ3) is 6.30. The van der Waals surface area contributed by atoms with Gasteiger partial charge in [0, 0.05) is 5.69 Å². The van der Waals surface area contributed by atoms with Crippen molar-refractivity contribution in [2.24, 2.45) is 17.8 Å². The molecule has 0 aromatic heterocycles. The second kappa shape index (κ2) is 10.9. The van der Waals surface area contributed by atoms with Crippen LogP contribution in [0.25, 0.3) is 0 Å². The van der Waals surface area contributed by atoms with Crippen LogP contribution in [-0.2, 0) is 23.9 Å². The summed E-state index contributed by atoms with van der Waals surface area (Å²) >= 11 is 0. The number of carbonyl (C=O) groups is 5. The quantitative estimate of drug-likeness (QED) is 0.324. The molecule has 0 saturated carbocycles. The summed E-state index contributed by atoms with van der Waals surface area (Å²) in [6.07, 6.45) is -0.556. The molecule has 1 saturated heterocycles. The Hall–Kier alpha value is -3.43. The standard InChI is InChI=1S/C23H30N2O8/c1-12(2)10-16-18(20(27)28)25(19(16)26)17(11-13(3)4)22(30)33-23(31)24-15-8-6-14(7-9-15)21(29)32-5/h6-9,12-13,16-18H,10-11H2,1-5H3,(H,24,31)(H,27,28)/t16?,17-,18?/m0/s1. The third-order valence-electron chi connectivity index (χ3n) is 5.28. The molecule has 1 aliphatic rings. The van der Waals surface area contributed by atoms with Crippen LogP contribution in [-0.4, -0.2) is 59.1 Å². The molecule has 33 heavy (non-hydrogen) atoms. The largest absolute Gasteiger partial charge is 0.480 e. The van der Waals surface area contributed by atoms with E-state index in [9.17, 15) is 29.1 Å². The number of hydrogen-bond donors (Lipinski definition) is 2. The molecule has 3 atom stereocenters. The van der Waals surface area contributed by atoms with Crippen LogP contribution in [0, 0.1) is 17.8 Å². The van der Waals surface area contributed by atoms with Crippen molar-refractivity contribution in [3.63, 3.8) is 0 Å². The van der Waals surface area contributed by atoms with Crippen molar-refractivity contribution < 1.29 is 38.6 Å². The van der Waals surface area contributed by atoms with Gasteiger partial charge >= 0.3 is 24.0 Å². The summed E-state index contributed by atoms with van der Waals surface area (Å²) in [4.78, 5) is 62.2. The van der Waals surface area contributed by atoms with Crippen molar-refractivity contribution in [3.8, 4) is 0 Å². The fraction of sp³-hybridized carbons (Fsp3) is 0.522. The lowest BCUT2D eigenvalue weighted by molar-refractivity contribution is -0.181. The molecule has 180 valence electrons. The molecular weight excluding hydrogens is 432 g/mol. The van der Waals surface area contributed by atoms with Gasteiger partial charge in [0.1, 0.15) is 12.1 Å². The van der Waals surface area contributed by atoms with E-state index in [1.165, 1.54) is 31.4 Å². The van der Waals surface area contributed by atoms with E-state index in [1.54, 1.807) is 0 Å². The van der Waals surface area contributed by atoms with Crippen molar-refractivity contribution in [2.45, 2.75) is 52.6 Å². The lowest BCUT2D eigenvalue weighted by Gasteiger charge is -2.48. The summed E-state index contributed by atoms with van der Waals surface area (Å²) < 4.78 is 9.50. The number of carboxylic acids is 1. The molecule has 1 aromatic rings. The van der Waals surface area contributed by atoms with Gasteiger partial charge in [-0.25, -0.2) is 19.2 Å². The Balaban J connectivity index is 2.12. The van der Waals surface area contributed by atoms with Gasteiger partial charge in [0.05, 0.1) is 18.6 Å². The highest BCUT2D eigenvalue weighted by atomic mass is 16.6. The predicted molar refractivity (Wildman–Crippen MR) is 117 cm³/mol. The van der Waals surface area contributed by atoms with Gasteiger partial charge in [0.2, 0.25) is 5.91 Å². The zero-order chi connectivity index (χ0) is 24.9. The highest BCUT2D eigenvalue weighted by Gasteiger charge is 2.56. The Labute approximate surface area is 192 Å². The monoisotopic (exact) mass is 462 g/mol. The molecule has 1 aromatic carbocycles. The maximum absolute atomic E-state index is 12.8. The van der Waals surface area contributed by atoms with Gasteiger partial charge in [-0.15, -0.1) is 0 Å². The molecule has 2 amide bonds. The van der Waals surface area contributed by atoms with Crippen LogP contribution in [0.3, 0.4) is 0 Å². The minimum Gasteiger partial charge on any atom is -0.480 e. The van der Waals surface area contributed by atoms with Crippen molar-refractivity contribution >= 4 is 35.6 Å². The Bertz CT molecular complexity index is 910. The average Bonchev–Trinajstić information content (AvgIpc) is 2.73. The van der Waals surface area contributed by atoms with Gasteiger partial charge in [-0.3, -0.25) is 10.1 Å². The number of benzene rings is 1. The van der Waals surface area contributed by atoms with E-state index in [2.05, 4.69) is 10.1 Å². The number of anilines is 1. The van der Waals surface area contributed by atoms with Gasteiger partial charge in [0.15, 0.2) is 0 Å². The van der Waals surface area contributed by atoms with Crippen LogP contribution in [0.2, 0.25) is 0 Å². The topological polar surface area (TPSA) is 139 Å². The van der Waals surface area contributed by atoms with Crippen LogP contribution in [0.4, 0.5) is 10.5 Å². The molecule has 1 aliphatic heterocycles. The molecule has 1 heterocycles. The first kappa shape index (κ1) is 25.8. The summed E-state index contributed by atoms with van der Waals surface area (Å²) in [7, 11) is 1.24. The molecule has 2 rings (SSSR count). The first-order chi connectivity index (χ1) is 15.5. The first-order valence-corrected chi connectivity index (χ1v) is 10.7. The SMILES string of the molecule is COC(=O)c1ccc(NC(=O)OC(=O)[C@H](CC(C)C)N2C(=O)C(CC(C)C)C2C(=O)O)cc1. The molecule has 10 heteroatoms. The van der Waals surface area contributed by atoms with Crippen LogP contribution < -0.4 is 5.32 Å². The number of methoxy groups -OCH3 is 1. The average molecular weight is 462 g/mol. The van der Waals surface area contributed by atoms with Crippen molar-refractivity contribution in [1.82, 2.24) is 4.90 Å². The molecule has 1 fully saturated rings. The van der Waals surface area contributed by atoms with Gasteiger partial charge in [0.25, 0.3) is 0 Å². The van der Waals surface area contributed by atoms with Gasteiger partial charge in [-0.1, -0.05) is 27.7 Å². The lowest BCUT2D eigenvalue weighted by Crippen LogP contribution is -2.69. The van der Waals surface area contributed by atoms with Gasteiger partial charge in [-0.05, 0) is 48.9 Å². The number of nitrogens with one attached hydrogen (secondary N) is 1. The van der Waals surface area contributed by atoms with Crippen LogP contribution >= 0.6 is 0 Å². The fourth-order valence-electron chi connectivity index (χ4n) is 3.83. The van der Waals surface area contributed by atoms with Crippen LogP contribution in [0.1, 0.15) is 50.9 Å². The minimum atomic E-state index is -1.20. The molecule has 0 bridgehead atoms. The summed E-state index contributed by atoms with van der Waals surface area (Å²) in [6.45, 7) is 7.40. The number of nitrogens with zero attached hydrogens (tertiary/aromatic N) is 1. The maximum atomic E-state index is 12.8. The highest BCUT2D eigenvalue weighted by Crippen LogP contribution is 2.36. The van der Waals surface area contributed by atoms with E-state index < -0.39 is 47.9 Å². The summed E-state index contributed by atoms with van der Waals surface area (Å²) in [5.74, 6) is -3.85. The minimum absolute atomic E-state index is 0.0668. The number of β-lactam (4-membered cyclic amide) rings is 1. The molecule has 0 radical (unpaired) electrons. The van der Waals surface area contributed by atoms with E-state index in [4.69, 9.17) is 4.74 Å². The molecule has 2 N–H and O–H groups in total. The normalized spacial score (nSPS) is 18.5. The van der Waals surface area contributed by atoms with Crippen molar-refractivity contribution in [2.75, 3.05) is 12.4 Å². The zero-order valence-corrected chi connectivity index (χ0v) is 19.4. The predicted octanol–water partition coefficient (Wildman–Crippen LogP) is 2.92. The molecule has 10 nitrogen and oxygen atoms in total. The van der Waals surface area contributed by atoms with Gasteiger partial charge in [-0.2, -0.15) is 0 Å². The van der Waals surface area contributed by atoms with Crippen molar-refractivity contribution in [1.29, 1.82) is 0 Å². The second-order valence-electron chi connectivity index (χ2n) is 8.81. The summed E-state index contributed by atoms with van der Waals surface area (Å²) in [5.41, 5.74) is 0.540. The number of carboxylic acid groups (broad SMARTS) is 1. The van der Waals surface area contributed by atoms with Crippen LogP contribution in [0.5, 0.6) is 0 Å². The van der Waals surface area contributed by atoms with Crippen molar-refractivity contribution in [3.05, 3.63) is 29.8 Å². The summed E-state index contributed by atoms with van der Waals surface area (Å²) in [6, 6.07) is 3.37. The fourth-order valence-corrected chi connectivity index (χ4v) is 3.83. The van der Waals surface area contributed by atoms with E-state index >= 15 is 0 Å². The van der Waals surface area contributed by atoms with E-state index in [0.29, 0.717) is 6.42 Å². The van der Waals surface area contributed by atoms with E-state index in [1.807, 2.05) is 27.7 Å². The molecule has 0 aliphatic carbocycles. The number of rotatable bonds is 9. The van der Waals surface area contributed by atoms with E-state index in [-0.39, 0.29) is 29.5 Å². The number of ether oxygens (including phenoxy) is 2. The molecular formula is C23H30N2O8. The number of carbonyl (C=O) groups excluding carboxylic acids is 4. The number of amides is 2. The summed E-state index contributed by atoms with van der Waals surface area (Å²) in [5, 5.41) is 12.0. The number of esters is 2. The molecule has 2 unspecified atom stereocenters.